The van der Waals surface area contributed by atoms with Crippen LogP contribution in [-0.4, -0.2) is 43.2 Å². The standard InChI is InChI=1S/C21H25N3O3/c1-26-17-8-5-9-18(13-17)27-14-16-12-19(23-22-16)21(25)24-11-10-20(24)15-6-3-2-4-7-15/h2-9,13,16,19-20,22-23H,10-12,14H2,1H3. The van der Waals surface area contributed by atoms with Crippen LogP contribution in [0.25, 0.3) is 0 Å². The zero-order chi connectivity index (χ0) is 18.6. The van der Waals surface area contributed by atoms with Crippen LogP contribution >= 0.6 is 0 Å². The molecule has 3 unspecified atom stereocenters. The van der Waals surface area contributed by atoms with Crippen molar-refractivity contribution >= 4 is 5.91 Å². The highest BCUT2D eigenvalue weighted by atomic mass is 16.5. The molecule has 6 heteroatoms. The number of benzene rings is 2. The average Bonchev–Trinajstić information content (AvgIpc) is 3.16. The van der Waals surface area contributed by atoms with Gasteiger partial charge in [0.2, 0.25) is 5.91 Å². The van der Waals surface area contributed by atoms with Gasteiger partial charge in [0.15, 0.2) is 0 Å². The van der Waals surface area contributed by atoms with Gasteiger partial charge >= 0.3 is 0 Å². The second-order valence-electron chi connectivity index (χ2n) is 7.01. The summed E-state index contributed by atoms with van der Waals surface area (Å²) in [5.41, 5.74) is 7.54. The number of hydrogen-bond donors (Lipinski definition) is 2. The van der Waals surface area contributed by atoms with E-state index >= 15 is 0 Å². The number of amides is 1. The number of carbonyl (C=O) groups excluding carboxylic acids is 1. The molecule has 142 valence electrons. The lowest BCUT2D eigenvalue weighted by molar-refractivity contribution is -0.141. The first-order chi connectivity index (χ1) is 13.2. The van der Waals surface area contributed by atoms with Gasteiger partial charge in [-0.25, -0.2) is 5.43 Å². The number of methoxy groups -OCH3 is 1. The molecule has 2 saturated heterocycles. The summed E-state index contributed by atoms with van der Waals surface area (Å²) in [6, 6.07) is 17.9. The van der Waals surface area contributed by atoms with Gasteiger partial charge in [0.25, 0.3) is 0 Å². The van der Waals surface area contributed by atoms with E-state index in [1.807, 2.05) is 47.4 Å². The first-order valence-corrected chi connectivity index (χ1v) is 9.38. The molecule has 0 spiro atoms. The van der Waals surface area contributed by atoms with E-state index in [4.69, 9.17) is 9.47 Å². The second kappa shape index (κ2) is 7.98. The van der Waals surface area contributed by atoms with Gasteiger partial charge in [-0.2, -0.15) is 0 Å². The van der Waals surface area contributed by atoms with E-state index in [1.165, 1.54) is 5.56 Å². The van der Waals surface area contributed by atoms with Crippen LogP contribution in [0.3, 0.4) is 0 Å². The molecule has 3 atom stereocenters. The number of nitrogens with zero attached hydrogens (tertiary/aromatic N) is 1. The summed E-state index contributed by atoms with van der Waals surface area (Å²) in [5.74, 6) is 1.69. The van der Waals surface area contributed by atoms with Crippen molar-refractivity contribution in [2.75, 3.05) is 20.3 Å². The lowest BCUT2D eigenvalue weighted by Gasteiger charge is -2.42. The number of ether oxygens (including phenoxy) is 2. The lowest BCUT2D eigenvalue weighted by Crippen LogP contribution is -2.52. The van der Waals surface area contributed by atoms with Gasteiger partial charge in [-0.15, -0.1) is 0 Å². The van der Waals surface area contributed by atoms with Crippen molar-refractivity contribution in [3.05, 3.63) is 60.2 Å². The first kappa shape index (κ1) is 17.8. The quantitative estimate of drug-likeness (QED) is 0.820. The summed E-state index contributed by atoms with van der Waals surface area (Å²) in [5, 5.41) is 0. The second-order valence-corrected chi connectivity index (χ2v) is 7.01. The van der Waals surface area contributed by atoms with E-state index in [2.05, 4.69) is 23.0 Å². The Hall–Kier alpha value is -2.57. The van der Waals surface area contributed by atoms with Gasteiger partial charge in [-0.1, -0.05) is 36.4 Å². The highest BCUT2D eigenvalue weighted by Gasteiger charge is 2.39. The molecule has 2 aromatic rings. The van der Waals surface area contributed by atoms with Gasteiger partial charge in [0.1, 0.15) is 24.1 Å². The zero-order valence-corrected chi connectivity index (χ0v) is 15.4. The largest absolute Gasteiger partial charge is 0.497 e. The summed E-state index contributed by atoms with van der Waals surface area (Å²) in [6.45, 7) is 1.31. The third-order valence-electron chi connectivity index (χ3n) is 5.26. The van der Waals surface area contributed by atoms with Crippen molar-refractivity contribution in [3.63, 3.8) is 0 Å². The van der Waals surface area contributed by atoms with Gasteiger partial charge in [0, 0.05) is 12.6 Å². The molecule has 27 heavy (non-hydrogen) atoms. The van der Waals surface area contributed by atoms with Crippen LogP contribution in [0.1, 0.15) is 24.4 Å². The molecular weight excluding hydrogens is 342 g/mol. The molecule has 0 aliphatic carbocycles. The Balaban J connectivity index is 1.29. The van der Waals surface area contributed by atoms with Crippen molar-refractivity contribution in [3.8, 4) is 11.5 Å². The Morgan fingerprint density at radius 3 is 2.67 bits per heavy atom. The number of carbonyl (C=O) groups is 1. The van der Waals surface area contributed by atoms with Gasteiger partial charge in [0.05, 0.1) is 19.2 Å². The van der Waals surface area contributed by atoms with Gasteiger partial charge in [-0.05, 0) is 30.5 Å². The van der Waals surface area contributed by atoms with E-state index in [9.17, 15) is 4.79 Å². The maximum absolute atomic E-state index is 12.9. The maximum atomic E-state index is 12.9. The minimum absolute atomic E-state index is 0.0848. The highest BCUT2D eigenvalue weighted by Crippen LogP contribution is 2.34. The van der Waals surface area contributed by atoms with Crippen LogP contribution in [0, 0.1) is 0 Å². The van der Waals surface area contributed by atoms with E-state index in [0.29, 0.717) is 13.0 Å². The Labute approximate surface area is 159 Å². The molecule has 2 N–H and O–H groups in total. The van der Waals surface area contributed by atoms with E-state index in [0.717, 1.165) is 24.5 Å². The van der Waals surface area contributed by atoms with Crippen molar-refractivity contribution in [2.45, 2.75) is 31.0 Å². The number of likely N-dealkylation sites (tertiary alicyclic amines) is 1. The van der Waals surface area contributed by atoms with Crippen LogP contribution in [0.5, 0.6) is 11.5 Å². The zero-order valence-electron chi connectivity index (χ0n) is 15.4. The number of nitrogens with one attached hydrogen (secondary N) is 2. The minimum atomic E-state index is -0.213. The molecule has 0 bridgehead atoms. The molecule has 0 radical (unpaired) electrons. The third kappa shape index (κ3) is 3.91. The van der Waals surface area contributed by atoms with Crippen LogP contribution in [0.15, 0.2) is 54.6 Å². The number of hydrogen-bond acceptors (Lipinski definition) is 5. The van der Waals surface area contributed by atoms with Crippen molar-refractivity contribution in [1.82, 2.24) is 15.8 Å². The van der Waals surface area contributed by atoms with Crippen LogP contribution < -0.4 is 20.3 Å². The normalized spacial score (nSPS) is 24.3. The summed E-state index contributed by atoms with van der Waals surface area (Å²) >= 11 is 0. The molecule has 2 aliphatic heterocycles. The van der Waals surface area contributed by atoms with Crippen molar-refractivity contribution < 1.29 is 14.3 Å². The summed E-state index contributed by atoms with van der Waals surface area (Å²) in [6.07, 6.45) is 1.74. The molecule has 1 amide bonds. The van der Waals surface area contributed by atoms with E-state index in [-0.39, 0.29) is 24.0 Å². The number of hydrazine groups is 1. The maximum Gasteiger partial charge on any atom is 0.241 e. The summed E-state index contributed by atoms with van der Waals surface area (Å²) < 4.78 is 11.1. The minimum Gasteiger partial charge on any atom is -0.497 e. The predicted molar refractivity (Wildman–Crippen MR) is 102 cm³/mol. The predicted octanol–water partition coefficient (Wildman–Crippen LogP) is 2.28. The molecular formula is C21H25N3O3. The fourth-order valence-electron chi connectivity index (χ4n) is 3.65. The molecule has 2 aliphatic rings. The average molecular weight is 367 g/mol. The summed E-state index contributed by atoms with van der Waals surface area (Å²) in [7, 11) is 1.64. The monoisotopic (exact) mass is 367 g/mol. The Morgan fingerprint density at radius 1 is 1.11 bits per heavy atom. The van der Waals surface area contributed by atoms with Crippen molar-refractivity contribution in [2.24, 2.45) is 0 Å². The third-order valence-corrected chi connectivity index (χ3v) is 5.26. The van der Waals surface area contributed by atoms with Crippen LogP contribution in [-0.2, 0) is 4.79 Å². The Morgan fingerprint density at radius 2 is 1.93 bits per heavy atom. The molecule has 0 saturated carbocycles. The smallest absolute Gasteiger partial charge is 0.241 e. The Kier molecular flexibility index (Phi) is 5.27. The fourth-order valence-corrected chi connectivity index (χ4v) is 3.65. The molecule has 4 rings (SSSR count). The highest BCUT2D eigenvalue weighted by molar-refractivity contribution is 5.83. The van der Waals surface area contributed by atoms with E-state index in [1.54, 1.807) is 7.11 Å². The van der Waals surface area contributed by atoms with Crippen LogP contribution in [0.2, 0.25) is 0 Å². The topological polar surface area (TPSA) is 62.8 Å². The SMILES string of the molecule is COc1cccc(OCC2CC(C(=O)N3CCC3c3ccccc3)NN2)c1. The molecule has 2 heterocycles. The van der Waals surface area contributed by atoms with Crippen molar-refractivity contribution in [1.29, 1.82) is 0 Å². The van der Waals surface area contributed by atoms with Crippen LogP contribution in [0.4, 0.5) is 0 Å². The molecule has 2 fully saturated rings. The first-order valence-electron chi connectivity index (χ1n) is 9.38. The summed E-state index contributed by atoms with van der Waals surface area (Å²) in [4.78, 5) is 14.9. The molecule has 6 nitrogen and oxygen atoms in total. The molecule has 2 aromatic carbocycles. The Bertz CT molecular complexity index is 783. The lowest BCUT2D eigenvalue weighted by atomic mass is 9.93. The van der Waals surface area contributed by atoms with Gasteiger partial charge < -0.3 is 14.4 Å². The number of rotatable bonds is 6. The van der Waals surface area contributed by atoms with E-state index < -0.39 is 0 Å². The fraction of sp³-hybridized carbons (Fsp3) is 0.381. The molecule has 0 aromatic heterocycles. The van der Waals surface area contributed by atoms with Gasteiger partial charge in [-0.3, -0.25) is 10.2 Å².